The summed E-state index contributed by atoms with van der Waals surface area (Å²) in [7, 11) is 0. The van der Waals surface area contributed by atoms with Crippen molar-refractivity contribution in [3.63, 3.8) is 0 Å². The van der Waals surface area contributed by atoms with Gasteiger partial charge in [-0.1, -0.05) is 6.92 Å². The Labute approximate surface area is 101 Å². The Morgan fingerprint density at radius 3 is 3.12 bits per heavy atom. The maximum atomic E-state index is 4.39. The molecule has 1 fully saturated rings. The third-order valence-electron chi connectivity index (χ3n) is 3.66. The van der Waals surface area contributed by atoms with Crippen LogP contribution in [0.1, 0.15) is 37.2 Å². The van der Waals surface area contributed by atoms with Crippen LogP contribution in [-0.2, 0) is 0 Å². The average molecular weight is 230 g/mol. The maximum Gasteiger partial charge on any atom is 0.161 e. The van der Waals surface area contributed by atoms with Crippen molar-refractivity contribution in [3.05, 3.63) is 29.7 Å². The number of rotatable bonds is 2. The molecule has 3 rings (SSSR count). The minimum atomic E-state index is 0.442. The van der Waals surface area contributed by atoms with Gasteiger partial charge in [0.15, 0.2) is 11.5 Å². The van der Waals surface area contributed by atoms with Gasteiger partial charge in [-0.05, 0) is 50.6 Å². The normalized spacial score (nSPS) is 21.4. The van der Waals surface area contributed by atoms with Gasteiger partial charge in [-0.25, -0.2) is 0 Å². The SMILES string of the molecule is CCN1CCCC1c1nnc2cc(C)ccn12. The summed E-state index contributed by atoms with van der Waals surface area (Å²) < 4.78 is 2.13. The Morgan fingerprint density at radius 2 is 2.29 bits per heavy atom. The van der Waals surface area contributed by atoms with Crippen LogP contribution in [0.15, 0.2) is 18.3 Å². The van der Waals surface area contributed by atoms with Crippen LogP contribution in [-0.4, -0.2) is 32.6 Å². The number of hydrogen-bond acceptors (Lipinski definition) is 3. The molecule has 2 aromatic heterocycles. The van der Waals surface area contributed by atoms with E-state index in [1.807, 2.05) is 0 Å². The standard InChI is InChI=1S/C13H18N4/c1-3-16-7-4-5-11(16)13-15-14-12-9-10(2)6-8-17(12)13/h6,8-9,11H,3-5,7H2,1-2H3. The van der Waals surface area contributed by atoms with Crippen LogP contribution >= 0.6 is 0 Å². The van der Waals surface area contributed by atoms with Crippen molar-refractivity contribution in [2.24, 2.45) is 0 Å². The Morgan fingerprint density at radius 1 is 1.41 bits per heavy atom. The highest BCUT2D eigenvalue weighted by Crippen LogP contribution is 2.30. The van der Waals surface area contributed by atoms with E-state index in [2.05, 4.69) is 51.7 Å². The number of aryl methyl sites for hydroxylation is 1. The van der Waals surface area contributed by atoms with Gasteiger partial charge in [-0.2, -0.15) is 0 Å². The Bertz CT molecular complexity index is 531. The van der Waals surface area contributed by atoms with Crippen LogP contribution in [0, 0.1) is 6.92 Å². The highest BCUT2D eigenvalue weighted by molar-refractivity contribution is 5.41. The molecule has 0 spiro atoms. The monoisotopic (exact) mass is 230 g/mol. The average Bonchev–Trinajstić information content (AvgIpc) is 2.92. The summed E-state index contributed by atoms with van der Waals surface area (Å²) >= 11 is 0. The molecule has 0 radical (unpaired) electrons. The van der Waals surface area contributed by atoms with Crippen LogP contribution in [0.3, 0.4) is 0 Å². The number of pyridine rings is 1. The Hall–Kier alpha value is -1.42. The first-order valence-corrected chi connectivity index (χ1v) is 6.35. The fraction of sp³-hybridized carbons (Fsp3) is 0.538. The number of hydrogen-bond donors (Lipinski definition) is 0. The highest BCUT2D eigenvalue weighted by atomic mass is 15.3. The third kappa shape index (κ3) is 1.72. The van der Waals surface area contributed by atoms with Crippen molar-refractivity contribution < 1.29 is 0 Å². The molecular formula is C13H18N4. The largest absolute Gasteiger partial charge is 0.294 e. The molecule has 0 bridgehead atoms. The van der Waals surface area contributed by atoms with Crippen molar-refractivity contribution in [1.29, 1.82) is 0 Å². The van der Waals surface area contributed by atoms with Crippen LogP contribution < -0.4 is 0 Å². The van der Waals surface area contributed by atoms with Gasteiger partial charge < -0.3 is 0 Å². The van der Waals surface area contributed by atoms with Gasteiger partial charge in [0, 0.05) is 6.20 Å². The van der Waals surface area contributed by atoms with E-state index in [4.69, 9.17) is 0 Å². The molecule has 17 heavy (non-hydrogen) atoms. The zero-order valence-corrected chi connectivity index (χ0v) is 10.4. The zero-order chi connectivity index (χ0) is 11.8. The first-order chi connectivity index (χ1) is 8.29. The second-order valence-corrected chi connectivity index (χ2v) is 4.78. The van der Waals surface area contributed by atoms with Crippen molar-refractivity contribution in [3.8, 4) is 0 Å². The van der Waals surface area contributed by atoms with Gasteiger partial charge in [-0.15, -0.1) is 10.2 Å². The van der Waals surface area contributed by atoms with Crippen LogP contribution in [0.4, 0.5) is 0 Å². The van der Waals surface area contributed by atoms with E-state index in [0.717, 1.165) is 18.0 Å². The van der Waals surface area contributed by atoms with E-state index in [9.17, 15) is 0 Å². The van der Waals surface area contributed by atoms with Gasteiger partial charge in [0.2, 0.25) is 0 Å². The van der Waals surface area contributed by atoms with Crippen LogP contribution in [0.2, 0.25) is 0 Å². The summed E-state index contributed by atoms with van der Waals surface area (Å²) in [5, 5.41) is 8.67. The summed E-state index contributed by atoms with van der Waals surface area (Å²) in [6, 6.07) is 4.64. The summed E-state index contributed by atoms with van der Waals surface area (Å²) in [5.74, 6) is 1.10. The lowest BCUT2D eigenvalue weighted by atomic mass is 10.2. The maximum absolute atomic E-state index is 4.39. The van der Waals surface area contributed by atoms with E-state index in [1.165, 1.54) is 24.9 Å². The van der Waals surface area contributed by atoms with E-state index < -0.39 is 0 Å². The van der Waals surface area contributed by atoms with E-state index in [-0.39, 0.29) is 0 Å². The first-order valence-electron chi connectivity index (χ1n) is 6.35. The van der Waals surface area contributed by atoms with E-state index in [0.29, 0.717) is 6.04 Å². The smallest absolute Gasteiger partial charge is 0.161 e. The lowest BCUT2D eigenvalue weighted by Gasteiger charge is -2.20. The van der Waals surface area contributed by atoms with Gasteiger partial charge in [0.05, 0.1) is 6.04 Å². The molecule has 1 atom stereocenters. The Kier molecular flexibility index (Phi) is 2.59. The topological polar surface area (TPSA) is 33.4 Å². The second kappa shape index (κ2) is 4.11. The summed E-state index contributed by atoms with van der Waals surface area (Å²) in [4.78, 5) is 2.48. The Balaban J connectivity index is 2.05. The number of nitrogens with zero attached hydrogens (tertiary/aromatic N) is 4. The van der Waals surface area contributed by atoms with Crippen molar-refractivity contribution in [2.75, 3.05) is 13.1 Å². The second-order valence-electron chi connectivity index (χ2n) is 4.78. The highest BCUT2D eigenvalue weighted by Gasteiger charge is 2.28. The molecule has 1 saturated heterocycles. The lowest BCUT2D eigenvalue weighted by Crippen LogP contribution is -2.24. The van der Waals surface area contributed by atoms with Gasteiger partial charge in [0.25, 0.3) is 0 Å². The van der Waals surface area contributed by atoms with Gasteiger partial charge in [0.1, 0.15) is 0 Å². The molecule has 2 aromatic rings. The van der Waals surface area contributed by atoms with Crippen LogP contribution in [0.5, 0.6) is 0 Å². The molecule has 0 N–H and O–H groups in total. The summed E-state index contributed by atoms with van der Waals surface area (Å²) in [6.07, 6.45) is 4.55. The molecule has 4 heteroatoms. The predicted molar refractivity (Wildman–Crippen MR) is 66.9 cm³/mol. The number of likely N-dealkylation sites (tertiary alicyclic amines) is 1. The molecule has 1 aliphatic rings. The molecule has 3 heterocycles. The molecule has 0 amide bonds. The summed E-state index contributed by atoms with van der Waals surface area (Å²) in [5.41, 5.74) is 2.19. The number of aromatic nitrogens is 3. The van der Waals surface area contributed by atoms with Crippen molar-refractivity contribution >= 4 is 5.65 Å². The van der Waals surface area contributed by atoms with Crippen molar-refractivity contribution in [2.45, 2.75) is 32.7 Å². The van der Waals surface area contributed by atoms with Crippen molar-refractivity contribution in [1.82, 2.24) is 19.5 Å². The van der Waals surface area contributed by atoms with Gasteiger partial charge >= 0.3 is 0 Å². The number of fused-ring (bicyclic) bond motifs is 1. The quantitative estimate of drug-likeness (QED) is 0.793. The molecule has 0 aromatic carbocycles. The minimum Gasteiger partial charge on any atom is -0.294 e. The lowest BCUT2D eigenvalue weighted by molar-refractivity contribution is 0.261. The van der Waals surface area contributed by atoms with Gasteiger partial charge in [-0.3, -0.25) is 9.30 Å². The van der Waals surface area contributed by atoms with E-state index in [1.54, 1.807) is 0 Å². The molecule has 0 saturated carbocycles. The fourth-order valence-corrected chi connectivity index (χ4v) is 2.74. The summed E-state index contributed by atoms with van der Waals surface area (Å²) in [6.45, 7) is 6.57. The minimum absolute atomic E-state index is 0.442. The first kappa shape index (κ1) is 10.7. The molecule has 1 aliphatic heterocycles. The zero-order valence-electron chi connectivity index (χ0n) is 10.4. The molecule has 4 nitrogen and oxygen atoms in total. The van der Waals surface area contributed by atoms with E-state index >= 15 is 0 Å². The third-order valence-corrected chi connectivity index (χ3v) is 3.66. The molecule has 1 unspecified atom stereocenters. The molecular weight excluding hydrogens is 212 g/mol. The molecule has 90 valence electrons. The van der Waals surface area contributed by atoms with Crippen LogP contribution in [0.25, 0.3) is 5.65 Å². The molecule has 0 aliphatic carbocycles. The predicted octanol–water partition coefficient (Wildman–Crippen LogP) is 2.19. The fourth-order valence-electron chi connectivity index (χ4n) is 2.74.